The van der Waals surface area contributed by atoms with Gasteiger partial charge in [-0.05, 0) is 68.1 Å². The van der Waals surface area contributed by atoms with E-state index in [1.54, 1.807) is 0 Å². The second-order valence-electron chi connectivity index (χ2n) is 7.37. The lowest BCUT2D eigenvalue weighted by molar-refractivity contribution is -0.112. The van der Waals surface area contributed by atoms with Crippen LogP contribution in [0.1, 0.15) is 58.8 Å². The zero-order chi connectivity index (χ0) is 12.1. The predicted octanol–water partition coefficient (Wildman–Crippen LogP) is 3.33. The van der Waals surface area contributed by atoms with E-state index in [0.29, 0.717) is 16.9 Å². The molecule has 0 aromatic carbocycles. The molecule has 0 amide bonds. The highest BCUT2D eigenvalue weighted by molar-refractivity contribution is 5.11. The summed E-state index contributed by atoms with van der Waals surface area (Å²) in [5.41, 5.74) is 7.57. The van der Waals surface area contributed by atoms with Crippen LogP contribution in [0.2, 0.25) is 0 Å². The third-order valence-electron chi connectivity index (χ3n) is 5.68. The molecular weight excluding hydrogens is 206 g/mol. The van der Waals surface area contributed by atoms with Gasteiger partial charge in [-0.25, -0.2) is 0 Å². The van der Waals surface area contributed by atoms with Crippen molar-refractivity contribution in [2.24, 2.45) is 28.4 Å². The van der Waals surface area contributed by atoms with Crippen molar-refractivity contribution in [3.63, 3.8) is 0 Å². The summed E-state index contributed by atoms with van der Waals surface area (Å²) >= 11 is 0. The van der Waals surface area contributed by atoms with Crippen molar-refractivity contribution in [1.29, 1.82) is 0 Å². The highest BCUT2D eigenvalue weighted by Crippen LogP contribution is 2.66. The predicted molar refractivity (Wildman–Crippen MR) is 71.3 cm³/mol. The molecular formula is C16H25N. The summed E-state index contributed by atoms with van der Waals surface area (Å²) in [4.78, 5) is 0. The molecule has 0 heterocycles. The molecule has 4 rings (SSSR count). The van der Waals surface area contributed by atoms with Gasteiger partial charge < -0.3 is 5.73 Å². The van der Waals surface area contributed by atoms with Gasteiger partial charge in [0.2, 0.25) is 0 Å². The largest absolute Gasteiger partial charge is 0.326 e. The van der Waals surface area contributed by atoms with Crippen LogP contribution in [0, 0.1) is 34.5 Å². The van der Waals surface area contributed by atoms with Gasteiger partial charge in [-0.3, -0.25) is 0 Å². The van der Waals surface area contributed by atoms with E-state index in [1.807, 2.05) is 6.92 Å². The van der Waals surface area contributed by atoms with Crippen LogP contribution in [0.4, 0.5) is 0 Å². The molecule has 0 radical (unpaired) electrons. The van der Waals surface area contributed by atoms with E-state index in [2.05, 4.69) is 18.8 Å². The van der Waals surface area contributed by atoms with Crippen LogP contribution in [0.3, 0.4) is 0 Å². The van der Waals surface area contributed by atoms with Gasteiger partial charge >= 0.3 is 0 Å². The van der Waals surface area contributed by atoms with Gasteiger partial charge in [0, 0.05) is 12.5 Å². The van der Waals surface area contributed by atoms with E-state index < -0.39 is 0 Å². The number of nitrogens with two attached hydrogens (primary N) is 1. The first-order valence-electron chi connectivity index (χ1n) is 7.20. The highest BCUT2D eigenvalue weighted by atomic mass is 14.7. The van der Waals surface area contributed by atoms with Gasteiger partial charge in [-0.15, -0.1) is 11.8 Å². The van der Waals surface area contributed by atoms with Gasteiger partial charge in [-0.1, -0.05) is 6.92 Å². The fourth-order valence-electron chi connectivity index (χ4n) is 5.66. The molecule has 1 nitrogen and oxygen atoms in total. The molecule has 4 aliphatic rings. The molecule has 3 unspecified atom stereocenters. The molecule has 94 valence electrons. The van der Waals surface area contributed by atoms with E-state index >= 15 is 0 Å². The van der Waals surface area contributed by atoms with Gasteiger partial charge in [0.15, 0.2) is 0 Å². The maximum atomic E-state index is 6.52. The quantitative estimate of drug-likeness (QED) is 0.725. The van der Waals surface area contributed by atoms with Crippen LogP contribution in [-0.2, 0) is 0 Å². The lowest BCUT2D eigenvalue weighted by atomic mass is 9.43. The second kappa shape index (κ2) is 3.75. The van der Waals surface area contributed by atoms with Crippen LogP contribution in [0.15, 0.2) is 0 Å². The number of hydrogen-bond acceptors (Lipinski definition) is 1. The smallest absolute Gasteiger partial charge is 0.0246 e. The molecule has 17 heavy (non-hydrogen) atoms. The average molecular weight is 231 g/mol. The number of rotatable bonds is 2. The Morgan fingerprint density at radius 2 is 1.88 bits per heavy atom. The lowest BCUT2D eigenvalue weighted by Gasteiger charge is -2.63. The summed E-state index contributed by atoms with van der Waals surface area (Å²) in [5, 5.41) is 0. The van der Waals surface area contributed by atoms with Crippen molar-refractivity contribution in [1.82, 2.24) is 0 Å². The van der Waals surface area contributed by atoms with Crippen molar-refractivity contribution >= 4 is 0 Å². The molecule has 2 N–H and O–H groups in total. The average Bonchev–Trinajstić information content (AvgIpc) is 2.22. The fourth-order valence-corrected chi connectivity index (χ4v) is 5.66. The number of hydrogen-bond donors (Lipinski definition) is 1. The van der Waals surface area contributed by atoms with Gasteiger partial charge in [0.1, 0.15) is 0 Å². The maximum Gasteiger partial charge on any atom is 0.0246 e. The van der Waals surface area contributed by atoms with E-state index in [9.17, 15) is 0 Å². The Hall–Kier alpha value is -0.480. The molecule has 1 heteroatoms. The summed E-state index contributed by atoms with van der Waals surface area (Å²) in [5.74, 6) is 8.17. The van der Waals surface area contributed by atoms with Gasteiger partial charge in [0.25, 0.3) is 0 Å². The Morgan fingerprint density at radius 3 is 2.41 bits per heavy atom. The van der Waals surface area contributed by atoms with Crippen molar-refractivity contribution in [3.05, 3.63) is 0 Å². The molecule has 4 bridgehead atoms. The monoisotopic (exact) mass is 231 g/mol. The van der Waals surface area contributed by atoms with Crippen molar-refractivity contribution in [3.8, 4) is 11.8 Å². The molecule has 4 fully saturated rings. The minimum atomic E-state index is 0.320. The normalized spacial score (nSPS) is 48.6. The second-order valence-corrected chi connectivity index (χ2v) is 7.37. The Kier molecular flexibility index (Phi) is 2.56. The topological polar surface area (TPSA) is 26.0 Å². The zero-order valence-electron chi connectivity index (χ0n) is 11.3. The van der Waals surface area contributed by atoms with Crippen LogP contribution < -0.4 is 5.73 Å². The van der Waals surface area contributed by atoms with E-state index in [0.717, 1.165) is 18.3 Å². The highest BCUT2D eigenvalue weighted by Gasteiger charge is 2.57. The van der Waals surface area contributed by atoms with Gasteiger partial charge in [-0.2, -0.15) is 0 Å². The molecule has 0 saturated heterocycles. The van der Waals surface area contributed by atoms with Crippen molar-refractivity contribution in [2.75, 3.05) is 0 Å². The molecule has 0 spiro atoms. The molecule has 4 saturated carbocycles. The van der Waals surface area contributed by atoms with Gasteiger partial charge in [0.05, 0.1) is 0 Å². The Labute approximate surface area is 106 Å². The summed E-state index contributed by atoms with van der Waals surface area (Å²) in [7, 11) is 0. The Morgan fingerprint density at radius 1 is 1.24 bits per heavy atom. The zero-order valence-corrected chi connectivity index (χ0v) is 11.3. The van der Waals surface area contributed by atoms with Crippen LogP contribution in [-0.4, -0.2) is 6.04 Å². The summed E-state index contributed by atoms with van der Waals surface area (Å²) < 4.78 is 0. The molecule has 3 atom stereocenters. The molecule has 0 aliphatic heterocycles. The van der Waals surface area contributed by atoms with E-state index in [4.69, 9.17) is 5.73 Å². The fraction of sp³-hybridized carbons (Fsp3) is 0.875. The third kappa shape index (κ3) is 1.82. The first-order chi connectivity index (χ1) is 8.05. The summed E-state index contributed by atoms with van der Waals surface area (Å²) in [6.45, 7) is 4.44. The maximum absolute atomic E-state index is 6.52. The summed E-state index contributed by atoms with van der Waals surface area (Å²) in [6, 6.07) is 0.320. The lowest BCUT2D eigenvalue weighted by Crippen LogP contribution is -2.57. The minimum Gasteiger partial charge on any atom is -0.326 e. The molecule has 0 aromatic rings. The Bertz CT molecular complexity index is 359. The van der Waals surface area contributed by atoms with E-state index in [-0.39, 0.29) is 0 Å². The minimum absolute atomic E-state index is 0.320. The van der Waals surface area contributed by atoms with Crippen LogP contribution >= 0.6 is 0 Å². The van der Waals surface area contributed by atoms with Crippen molar-refractivity contribution in [2.45, 2.75) is 64.8 Å². The molecule has 0 aromatic heterocycles. The van der Waals surface area contributed by atoms with Crippen LogP contribution in [0.25, 0.3) is 0 Å². The van der Waals surface area contributed by atoms with E-state index in [1.165, 1.54) is 38.5 Å². The van der Waals surface area contributed by atoms with Crippen molar-refractivity contribution < 1.29 is 0 Å². The first kappa shape index (κ1) is 11.6. The standard InChI is InChI=1S/C16H25N/c1-3-4-5-14(17)16-9-12-6-13(10-16)8-15(2,7-12)11-16/h12-14H,5-11,17H2,1-2H3. The van der Waals surface area contributed by atoms with Crippen LogP contribution in [0.5, 0.6) is 0 Å². The molecule has 4 aliphatic carbocycles. The SMILES string of the molecule is CC#CCC(N)C12CC3CC(CC(C)(C3)C1)C2. The Balaban J connectivity index is 1.84. The first-order valence-corrected chi connectivity index (χ1v) is 7.20. The summed E-state index contributed by atoms with van der Waals surface area (Å²) in [6.07, 6.45) is 9.50. The third-order valence-corrected chi connectivity index (χ3v) is 5.68.